The lowest BCUT2D eigenvalue weighted by molar-refractivity contribution is -0.148. The zero-order valence-electron chi connectivity index (χ0n) is 7.73. The zero-order chi connectivity index (χ0) is 8.91. The van der Waals surface area contributed by atoms with Crippen molar-refractivity contribution in [3.05, 3.63) is 0 Å². The molecule has 66 valence electrons. The minimum atomic E-state index is -0.510. The molecule has 0 fully saturated rings. The van der Waals surface area contributed by atoms with Crippen molar-refractivity contribution in [2.24, 2.45) is 0 Å². The van der Waals surface area contributed by atoms with Crippen LogP contribution >= 0.6 is 0 Å². The van der Waals surface area contributed by atoms with E-state index in [0.29, 0.717) is 0 Å². The van der Waals surface area contributed by atoms with E-state index in [1.807, 2.05) is 20.8 Å². The normalized spacial score (nSPS) is 15.6. The van der Waals surface area contributed by atoms with Crippen molar-refractivity contribution in [3.8, 4) is 0 Å². The van der Waals surface area contributed by atoms with E-state index in [2.05, 4.69) is 10.1 Å². The first kappa shape index (κ1) is 10.4. The topological polar surface area (TPSA) is 38.3 Å². The standard InChI is InChI=1S/C8H17NO2/c1-5-8(3,9-6-2)7(10)11-4/h9H,5-6H2,1-4H3/t8-/m0/s1. The van der Waals surface area contributed by atoms with Crippen LogP contribution in [-0.4, -0.2) is 25.2 Å². The highest BCUT2D eigenvalue weighted by Gasteiger charge is 2.30. The van der Waals surface area contributed by atoms with E-state index in [4.69, 9.17) is 0 Å². The van der Waals surface area contributed by atoms with Crippen LogP contribution in [0.15, 0.2) is 0 Å². The van der Waals surface area contributed by atoms with E-state index in [0.717, 1.165) is 13.0 Å². The minimum Gasteiger partial charge on any atom is -0.468 e. The van der Waals surface area contributed by atoms with E-state index in [-0.39, 0.29) is 5.97 Å². The van der Waals surface area contributed by atoms with Crippen LogP contribution in [0.1, 0.15) is 27.2 Å². The van der Waals surface area contributed by atoms with E-state index >= 15 is 0 Å². The molecule has 3 nitrogen and oxygen atoms in total. The number of nitrogens with one attached hydrogen (secondary N) is 1. The Morgan fingerprint density at radius 2 is 2.09 bits per heavy atom. The molecule has 0 aliphatic carbocycles. The summed E-state index contributed by atoms with van der Waals surface area (Å²) in [4.78, 5) is 11.2. The maximum Gasteiger partial charge on any atom is 0.325 e. The van der Waals surface area contributed by atoms with Crippen molar-refractivity contribution in [3.63, 3.8) is 0 Å². The Morgan fingerprint density at radius 1 is 1.55 bits per heavy atom. The first-order valence-corrected chi connectivity index (χ1v) is 3.94. The van der Waals surface area contributed by atoms with Gasteiger partial charge in [0.2, 0.25) is 0 Å². The van der Waals surface area contributed by atoms with Crippen molar-refractivity contribution in [1.29, 1.82) is 0 Å². The molecule has 0 unspecified atom stereocenters. The molecule has 0 saturated heterocycles. The summed E-state index contributed by atoms with van der Waals surface area (Å²) in [5.74, 6) is -0.193. The maximum atomic E-state index is 11.2. The molecule has 0 radical (unpaired) electrons. The van der Waals surface area contributed by atoms with Gasteiger partial charge in [-0.1, -0.05) is 13.8 Å². The first-order chi connectivity index (χ1) is 5.10. The molecule has 0 bridgehead atoms. The molecular weight excluding hydrogens is 142 g/mol. The van der Waals surface area contributed by atoms with E-state index < -0.39 is 5.54 Å². The van der Waals surface area contributed by atoms with E-state index in [1.54, 1.807) is 0 Å². The summed E-state index contributed by atoms with van der Waals surface area (Å²) in [5, 5.41) is 3.08. The fraction of sp³-hybridized carbons (Fsp3) is 0.875. The van der Waals surface area contributed by atoms with Gasteiger partial charge >= 0.3 is 5.97 Å². The van der Waals surface area contributed by atoms with Crippen molar-refractivity contribution >= 4 is 5.97 Å². The number of esters is 1. The SMILES string of the molecule is CCN[C@@](C)(CC)C(=O)OC. The number of carbonyl (C=O) groups is 1. The van der Waals surface area contributed by atoms with Gasteiger partial charge in [-0.25, -0.2) is 0 Å². The molecule has 0 aromatic heterocycles. The Bertz CT molecular complexity index is 136. The van der Waals surface area contributed by atoms with Gasteiger partial charge in [0.1, 0.15) is 5.54 Å². The van der Waals surface area contributed by atoms with Crippen LogP contribution in [0.5, 0.6) is 0 Å². The van der Waals surface area contributed by atoms with Crippen LogP contribution in [0, 0.1) is 0 Å². The van der Waals surface area contributed by atoms with Crippen LogP contribution in [0.3, 0.4) is 0 Å². The van der Waals surface area contributed by atoms with Crippen molar-refractivity contribution in [1.82, 2.24) is 5.32 Å². The second-order valence-electron chi connectivity index (χ2n) is 2.71. The Hall–Kier alpha value is -0.570. The number of methoxy groups -OCH3 is 1. The second kappa shape index (κ2) is 4.34. The molecule has 0 aromatic rings. The third kappa shape index (κ3) is 2.50. The minimum absolute atomic E-state index is 0.193. The van der Waals surface area contributed by atoms with Gasteiger partial charge in [0.15, 0.2) is 0 Å². The molecule has 0 heterocycles. The Balaban J connectivity index is 4.19. The fourth-order valence-electron chi connectivity index (χ4n) is 0.957. The van der Waals surface area contributed by atoms with Gasteiger partial charge in [-0.3, -0.25) is 4.79 Å². The van der Waals surface area contributed by atoms with Gasteiger partial charge in [0.05, 0.1) is 7.11 Å². The number of likely N-dealkylation sites (N-methyl/N-ethyl adjacent to an activating group) is 1. The molecule has 0 spiro atoms. The Kier molecular flexibility index (Phi) is 4.11. The van der Waals surface area contributed by atoms with Crippen LogP contribution in [0.25, 0.3) is 0 Å². The molecule has 0 aliphatic heterocycles. The van der Waals surface area contributed by atoms with Crippen molar-refractivity contribution in [2.45, 2.75) is 32.7 Å². The average Bonchev–Trinajstić information content (AvgIpc) is 2.03. The predicted octanol–water partition coefficient (Wildman–Crippen LogP) is 0.938. The third-order valence-corrected chi connectivity index (χ3v) is 1.91. The summed E-state index contributed by atoms with van der Waals surface area (Å²) in [6.07, 6.45) is 0.744. The number of carbonyl (C=O) groups excluding carboxylic acids is 1. The summed E-state index contributed by atoms with van der Waals surface area (Å²) >= 11 is 0. The lowest BCUT2D eigenvalue weighted by Gasteiger charge is -2.25. The lowest BCUT2D eigenvalue weighted by atomic mass is 9.99. The summed E-state index contributed by atoms with van der Waals surface area (Å²) in [6.45, 7) is 6.55. The summed E-state index contributed by atoms with van der Waals surface area (Å²) < 4.78 is 4.66. The average molecular weight is 159 g/mol. The summed E-state index contributed by atoms with van der Waals surface area (Å²) in [6, 6.07) is 0. The molecule has 0 rings (SSSR count). The predicted molar refractivity (Wildman–Crippen MR) is 44.4 cm³/mol. The molecule has 0 aliphatic rings. The largest absolute Gasteiger partial charge is 0.468 e. The Labute approximate surface area is 68.1 Å². The molecule has 0 amide bonds. The summed E-state index contributed by atoms with van der Waals surface area (Å²) in [7, 11) is 1.41. The molecule has 3 heteroatoms. The van der Waals surface area contributed by atoms with E-state index in [1.165, 1.54) is 7.11 Å². The fourth-order valence-corrected chi connectivity index (χ4v) is 0.957. The molecule has 0 saturated carbocycles. The van der Waals surface area contributed by atoms with Crippen LogP contribution in [-0.2, 0) is 9.53 Å². The monoisotopic (exact) mass is 159 g/mol. The number of ether oxygens (including phenoxy) is 1. The Morgan fingerprint density at radius 3 is 2.36 bits per heavy atom. The molecule has 0 aromatic carbocycles. The van der Waals surface area contributed by atoms with Gasteiger partial charge in [0.25, 0.3) is 0 Å². The quantitative estimate of drug-likeness (QED) is 0.620. The van der Waals surface area contributed by atoms with Gasteiger partial charge in [-0.2, -0.15) is 0 Å². The lowest BCUT2D eigenvalue weighted by Crippen LogP contribution is -2.49. The van der Waals surface area contributed by atoms with Crippen LogP contribution in [0.2, 0.25) is 0 Å². The number of hydrogen-bond donors (Lipinski definition) is 1. The molecule has 1 N–H and O–H groups in total. The molecule has 11 heavy (non-hydrogen) atoms. The van der Waals surface area contributed by atoms with Crippen molar-refractivity contribution in [2.75, 3.05) is 13.7 Å². The van der Waals surface area contributed by atoms with Gasteiger partial charge < -0.3 is 10.1 Å². The second-order valence-corrected chi connectivity index (χ2v) is 2.71. The van der Waals surface area contributed by atoms with Gasteiger partial charge in [0, 0.05) is 0 Å². The summed E-state index contributed by atoms with van der Waals surface area (Å²) in [5.41, 5.74) is -0.510. The molecular formula is C8H17NO2. The highest BCUT2D eigenvalue weighted by atomic mass is 16.5. The van der Waals surface area contributed by atoms with Gasteiger partial charge in [-0.15, -0.1) is 0 Å². The highest BCUT2D eigenvalue weighted by molar-refractivity contribution is 5.80. The zero-order valence-corrected chi connectivity index (χ0v) is 7.73. The van der Waals surface area contributed by atoms with Crippen LogP contribution in [0.4, 0.5) is 0 Å². The van der Waals surface area contributed by atoms with Crippen molar-refractivity contribution < 1.29 is 9.53 Å². The number of hydrogen-bond acceptors (Lipinski definition) is 3. The highest BCUT2D eigenvalue weighted by Crippen LogP contribution is 2.10. The molecule has 1 atom stereocenters. The van der Waals surface area contributed by atoms with Gasteiger partial charge in [-0.05, 0) is 19.9 Å². The first-order valence-electron chi connectivity index (χ1n) is 3.94. The maximum absolute atomic E-state index is 11.2. The van der Waals surface area contributed by atoms with Crippen LogP contribution < -0.4 is 5.32 Å². The third-order valence-electron chi connectivity index (χ3n) is 1.91. The van der Waals surface area contributed by atoms with E-state index in [9.17, 15) is 4.79 Å². The smallest absolute Gasteiger partial charge is 0.325 e. The number of rotatable bonds is 4.